The van der Waals surface area contributed by atoms with Crippen molar-refractivity contribution in [2.24, 2.45) is 0 Å². The zero-order valence-electron chi connectivity index (χ0n) is 19.3. The first-order valence-corrected chi connectivity index (χ1v) is 13.5. The van der Waals surface area contributed by atoms with Crippen LogP contribution in [0.5, 0.6) is 0 Å². The molecule has 0 saturated carbocycles. The van der Waals surface area contributed by atoms with Gasteiger partial charge in [-0.3, -0.25) is 14.4 Å². The maximum atomic E-state index is 12.9. The van der Waals surface area contributed by atoms with E-state index in [0.717, 1.165) is 35.0 Å². The summed E-state index contributed by atoms with van der Waals surface area (Å²) in [6.07, 6.45) is 4.82. The minimum atomic E-state index is -0.332. The lowest BCUT2D eigenvalue weighted by molar-refractivity contribution is -0.141. The Hall–Kier alpha value is -2.65. The number of rotatable bonds is 10. The van der Waals surface area contributed by atoms with Gasteiger partial charge in [-0.2, -0.15) is 11.8 Å². The Morgan fingerprint density at radius 3 is 2.76 bits per heavy atom. The monoisotopic (exact) mass is 499 g/mol. The first-order valence-electron chi connectivity index (χ1n) is 11.5. The first kappa shape index (κ1) is 24.5. The van der Waals surface area contributed by atoms with Crippen LogP contribution >= 0.6 is 23.1 Å². The molecule has 1 amide bonds. The highest BCUT2D eigenvalue weighted by molar-refractivity contribution is 7.98. The molecule has 0 bridgehead atoms. The van der Waals surface area contributed by atoms with Crippen molar-refractivity contribution in [3.8, 4) is 0 Å². The lowest BCUT2D eigenvalue weighted by Gasteiger charge is -2.22. The highest BCUT2D eigenvalue weighted by Crippen LogP contribution is 2.33. The van der Waals surface area contributed by atoms with E-state index >= 15 is 0 Å². The number of carbonyl (C=O) groups excluding carboxylic acids is 2. The molecule has 0 atom stereocenters. The molecule has 2 heterocycles. The number of hydrogen-bond donors (Lipinski definition) is 1. The molecule has 3 aromatic rings. The standard InChI is InChI=1S/C25H29N3O4S2/c1-32-22(30)11-13-28(15-17-7-3-2-4-8-17)21(29)12-14-33-16-20-26-24(31)23-18-9-5-6-10-19(18)34-25(23)27-20/h2-4,7-8H,5-6,9-16H2,1H3,(H,26,27,31). The number of nitrogens with zero attached hydrogens (tertiary/aromatic N) is 2. The number of H-pyrrole nitrogens is 1. The molecule has 0 radical (unpaired) electrons. The van der Waals surface area contributed by atoms with E-state index in [1.165, 1.54) is 24.0 Å². The molecule has 1 aromatic carbocycles. The van der Waals surface area contributed by atoms with Crippen LogP contribution in [0.1, 0.15) is 47.5 Å². The Kier molecular flexibility index (Phi) is 8.39. The molecule has 2 aromatic heterocycles. The van der Waals surface area contributed by atoms with Crippen LogP contribution in [-0.4, -0.2) is 46.2 Å². The highest BCUT2D eigenvalue weighted by atomic mass is 32.2. The van der Waals surface area contributed by atoms with Crippen molar-refractivity contribution in [1.82, 2.24) is 14.9 Å². The summed E-state index contributed by atoms with van der Waals surface area (Å²) in [5.74, 6) is 1.46. The Labute approximate surface area is 206 Å². The van der Waals surface area contributed by atoms with Crippen LogP contribution < -0.4 is 5.56 Å². The Balaban J connectivity index is 1.33. The Morgan fingerprint density at radius 1 is 1.18 bits per heavy atom. The lowest BCUT2D eigenvalue weighted by Crippen LogP contribution is -2.33. The van der Waals surface area contributed by atoms with Crippen LogP contribution in [0.15, 0.2) is 35.1 Å². The molecule has 9 heteroatoms. The van der Waals surface area contributed by atoms with E-state index < -0.39 is 0 Å². The highest BCUT2D eigenvalue weighted by Gasteiger charge is 2.20. The Bertz CT molecular complexity index is 1210. The fourth-order valence-electron chi connectivity index (χ4n) is 4.19. The van der Waals surface area contributed by atoms with Crippen LogP contribution in [0.3, 0.4) is 0 Å². The van der Waals surface area contributed by atoms with Gasteiger partial charge in [-0.15, -0.1) is 11.3 Å². The van der Waals surface area contributed by atoms with Crippen molar-refractivity contribution in [3.05, 3.63) is 62.5 Å². The summed E-state index contributed by atoms with van der Waals surface area (Å²) in [6.45, 7) is 0.773. The maximum absolute atomic E-state index is 12.9. The van der Waals surface area contributed by atoms with E-state index in [9.17, 15) is 14.4 Å². The number of esters is 1. The predicted molar refractivity (Wildman–Crippen MR) is 136 cm³/mol. The van der Waals surface area contributed by atoms with Gasteiger partial charge in [0.25, 0.3) is 5.56 Å². The normalized spacial score (nSPS) is 13.0. The summed E-state index contributed by atoms with van der Waals surface area (Å²) in [4.78, 5) is 48.7. The summed E-state index contributed by atoms with van der Waals surface area (Å²) < 4.78 is 4.73. The number of benzene rings is 1. The Morgan fingerprint density at radius 2 is 1.97 bits per heavy atom. The van der Waals surface area contributed by atoms with E-state index in [-0.39, 0.29) is 23.9 Å². The van der Waals surface area contributed by atoms with Crippen LogP contribution in [0.4, 0.5) is 0 Å². The summed E-state index contributed by atoms with van der Waals surface area (Å²) >= 11 is 3.22. The first-order chi connectivity index (χ1) is 16.5. The van der Waals surface area contributed by atoms with Gasteiger partial charge in [-0.05, 0) is 36.8 Å². The second-order valence-electron chi connectivity index (χ2n) is 8.33. The molecular formula is C25H29N3O4S2. The predicted octanol–water partition coefficient (Wildman–Crippen LogP) is 4.08. The van der Waals surface area contributed by atoms with Crippen molar-refractivity contribution in [2.75, 3.05) is 19.4 Å². The zero-order chi connectivity index (χ0) is 23.9. The zero-order valence-corrected chi connectivity index (χ0v) is 20.9. The molecule has 0 fully saturated rings. The minimum Gasteiger partial charge on any atom is -0.469 e. The van der Waals surface area contributed by atoms with Gasteiger partial charge in [0.05, 0.1) is 24.7 Å². The van der Waals surface area contributed by atoms with Gasteiger partial charge in [-0.1, -0.05) is 30.3 Å². The van der Waals surface area contributed by atoms with E-state index in [1.807, 2.05) is 30.3 Å². The molecule has 0 saturated heterocycles. The molecule has 34 heavy (non-hydrogen) atoms. The molecule has 1 aliphatic rings. The van der Waals surface area contributed by atoms with Crippen molar-refractivity contribution in [2.45, 2.75) is 50.8 Å². The molecule has 180 valence electrons. The smallest absolute Gasteiger partial charge is 0.307 e. The molecule has 7 nitrogen and oxygen atoms in total. The van der Waals surface area contributed by atoms with Crippen molar-refractivity contribution < 1.29 is 14.3 Å². The number of thioether (sulfide) groups is 1. The van der Waals surface area contributed by atoms with E-state index in [1.54, 1.807) is 28.0 Å². The average molecular weight is 500 g/mol. The fourth-order valence-corrected chi connectivity index (χ4v) is 6.26. The number of ether oxygens (including phenoxy) is 1. The van der Waals surface area contributed by atoms with Gasteiger partial charge in [-0.25, -0.2) is 4.98 Å². The molecule has 1 N–H and O–H groups in total. The van der Waals surface area contributed by atoms with Gasteiger partial charge in [0.1, 0.15) is 10.7 Å². The largest absolute Gasteiger partial charge is 0.469 e. The third kappa shape index (κ3) is 6.07. The second kappa shape index (κ2) is 11.7. The quantitative estimate of drug-likeness (QED) is 0.334. The van der Waals surface area contributed by atoms with Gasteiger partial charge in [0.2, 0.25) is 5.91 Å². The number of aromatic amines is 1. The molecule has 0 spiro atoms. The van der Waals surface area contributed by atoms with Gasteiger partial charge in [0, 0.05) is 30.1 Å². The maximum Gasteiger partial charge on any atom is 0.307 e. The molecule has 0 aliphatic heterocycles. The molecule has 1 aliphatic carbocycles. The van der Waals surface area contributed by atoms with Gasteiger partial charge >= 0.3 is 5.97 Å². The number of fused-ring (bicyclic) bond motifs is 3. The lowest BCUT2D eigenvalue weighted by atomic mass is 9.97. The molecular weight excluding hydrogens is 470 g/mol. The summed E-state index contributed by atoms with van der Waals surface area (Å²) in [5.41, 5.74) is 2.16. The molecule has 0 unspecified atom stereocenters. The number of thiophene rings is 1. The van der Waals surface area contributed by atoms with Crippen molar-refractivity contribution >= 4 is 45.2 Å². The number of amides is 1. The molecule has 4 rings (SSSR count). The second-order valence-corrected chi connectivity index (χ2v) is 10.5. The van der Waals surface area contributed by atoms with E-state index in [2.05, 4.69) is 4.98 Å². The number of hydrogen-bond acceptors (Lipinski definition) is 7. The van der Waals surface area contributed by atoms with Gasteiger partial charge < -0.3 is 14.6 Å². The van der Waals surface area contributed by atoms with E-state index in [0.29, 0.717) is 36.8 Å². The number of methoxy groups -OCH3 is 1. The average Bonchev–Trinajstić information content (AvgIpc) is 3.23. The minimum absolute atomic E-state index is 0.0110. The van der Waals surface area contributed by atoms with Crippen LogP contribution in [0, 0.1) is 0 Å². The van der Waals surface area contributed by atoms with Crippen LogP contribution in [0.25, 0.3) is 10.2 Å². The van der Waals surface area contributed by atoms with E-state index in [4.69, 9.17) is 9.72 Å². The van der Waals surface area contributed by atoms with Crippen molar-refractivity contribution in [1.29, 1.82) is 0 Å². The third-order valence-electron chi connectivity index (χ3n) is 5.96. The van der Waals surface area contributed by atoms with Crippen LogP contribution in [0.2, 0.25) is 0 Å². The number of aryl methyl sites for hydroxylation is 2. The fraction of sp³-hybridized carbons (Fsp3) is 0.440. The summed E-state index contributed by atoms with van der Waals surface area (Å²) in [6, 6.07) is 9.73. The van der Waals surface area contributed by atoms with Crippen molar-refractivity contribution in [3.63, 3.8) is 0 Å². The van der Waals surface area contributed by atoms with Crippen LogP contribution in [-0.2, 0) is 39.5 Å². The topological polar surface area (TPSA) is 92.4 Å². The SMILES string of the molecule is COC(=O)CCN(Cc1ccccc1)C(=O)CCSCc1nc2sc3c(c2c(=O)[nH]1)CCCC3. The van der Waals surface area contributed by atoms with Gasteiger partial charge in [0.15, 0.2) is 0 Å². The summed E-state index contributed by atoms with van der Waals surface area (Å²) in [5, 5.41) is 0.769. The number of aromatic nitrogens is 2. The third-order valence-corrected chi connectivity index (χ3v) is 8.11. The summed E-state index contributed by atoms with van der Waals surface area (Å²) in [7, 11) is 1.35. The number of carbonyl (C=O) groups is 2. The number of nitrogens with one attached hydrogen (secondary N) is 1.